The Labute approximate surface area is 168 Å². The first-order valence-corrected chi connectivity index (χ1v) is 9.60. The molecule has 144 valence electrons. The quantitative estimate of drug-likeness (QED) is 0.494. The van der Waals surface area contributed by atoms with Gasteiger partial charge in [-0.2, -0.15) is 0 Å². The van der Waals surface area contributed by atoms with Gasteiger partial charge in [-0.25, -0.2) is 4.98 Å². The van der Waals surface area contributed by atoms with Crippen molar-refractivity contribution in [1.82, 2.24) is 19.9 Å². The average Bonchev–Trinajstić information content (AvgIpc) is 3.57. The van der Waals surface area contributed by atoms with E-state index in [1.165, 1.54) is 0 Å². The minimum atomic E-state index is 0.421. The average molecular weight is 384 g/mol. The van der Waals surface area contributed by atoms with Crippen LogP contribution in [0.3, 0.4) is 0 Å². The van der Waals surface area contributed by atoms with Crippen molar-refractivity contribution < 1.29 is 9.47 Å². The van der Waals surface area contributed by atoms with Gasteiger partial charge >= 0.3 is 0 Å². The van der Waals surface area contributed by atoms with Crippen molar-refractivity contribution in [3.63, 3.8) is 0 Å². The van der Waals surface area contributed by atoms with Crippen molar-refractivity contribution in [3.8, 4) is 22.8 Å². The number of methoxy groups -OCH3 is 1. The minimum absolute atomic E-state index is 0.421. The molecule has 0 aromatic carbocycles. The lowest BCUT2D eigenvalue weighted by Crippen LogP contribution is -2.04. The van der Waals surface area contributed by atoms with Crippen LogP contribution < -0.4 is 9.47 Å². The second-order valence-corrected chi connectivity index (χ2v) is 7.19. The molecule has 0 aliphatic heterocycles. The molecule has 4 aromatic rings. The zero-order valence-corrected chi connectivity index (χ0v) is 16.0. The summed E-state index contributed by atoms with van der Waals surface area (Å²) in [6, 6.07) is 12.0. The Bertz CT molecular complexity index is 1130. The molecule has 0 spiro atoms. The predicted molar refractivity (Wildman–Crippen MR) is 110 cm³/mol. The Kier molecular flexibility index (Phi) is 4.52. The van der Waals surface area contributed by atoms with Gasteiger partial charge in [-0.05, 0) is 36.8 Å². The van der Waals surface area contributed by atoms with Crippen LogP contribution >= 0.6 is 0 Å². The summed E-state index contributed by atoms with van der Waals surface area (Å²) in [6.07, 6.45) is 9.96. The molecule has 29 heavy (non-hydrogen) atoms. The van der Waals surface area contributed by atoms with E-state index in [9.17, 15) is 0 Å². The second kappa shape index (κ2) is 7.47. The predicted octanol–water partition coefficient (Wildman–Crippen LogP) is 4.28. The molecule has 5 rings (SSSR count). The fraction of sp³-hybridized carbons (Fsp3) is 0.217. The molecule has 2 unspecified atom stereocenters. The van der Waals surface area contributed by atoms with Gasteiger partial charge in [0.1, 0.15) is 5.75 Å². The standard InChI is InChI=1S/C23H20N4O2/c1-28-18-4-5-21(26-12-18)19-10-17(19)14-29-23-20(16-3-2-7-24-11-16)9-15-6-8-25-13-22(15)27-23/h2-9,11-13,17,19H,10,14H2,1H3. The molecule has 0 amide bonds. The Balaban J connectivity index is 1.37. The fourth-order valence-electron chi connectivity index (χ4n) is 3.55. The molecule has 1 saturated carbocycles. The summed E-state index contributed by atoms with van der Waals surface area (Å²) in [4.78, 5) is 17.7. The van der Waals surface area contributed by atoms with E-state index in [0.29, 0.717) is 24.3 Å². The number of pyridine rings is 4. The summed E-state index contributed by atoms with van der Waals surface area (Å²) < 4.78 is 11.4. The van der Waals surface area contributed by atoms with E-state index in [4.69, 9.17) is 14.5 Å². The first kappa shape index (κ1) is 17.6. The van der Waals surface area contributed by atoms with Crippen molar-refractivity contribution in [1.29, 1.82) is 0 Å². The van der Waals surface area contributed by atoms with Crippen LogP contribution in [0.25, 0.3) is 22.0 Å². The normalized spacial score (nSPS) is 17.8. The van der Waals surface area contributed by atoms with Crippen LogP contribution in [0.4, 0.5) is 0 Å². The Morgan fingerprint density at radius 2 is 1.97 bits per heavy atom. The molecular weight excluding hydrogens is 364 g/mol. The van der Waals surface area contributed by atoms with Crippen molar-refractivity contribution in [2.24, 2.45) is 5.92 Å². The van der Waals surface area contributed by atoms with Crippen LogP contribution in [0.1, 0.15) is 18.0 Å². The third-order valence-corrected chi connectivity index (χ3v) is 5.29. The molecule has 1 aliphatic carbocycles. The Hall–Kier alpha value is -3.54. The maximum absolute atomic E-state index is 6.20. The van der Waals surface area contributed by atoms with Crippen LogP contribution in [0.15, 0.2) is 67.4 Å². The Morgan fingerprint density at radius 3 is 2.76 bits per heavy atom. The molecule has 4 aromatic heterocycles. The van der Waals surface area contributed by atoms with Crippen molar-refractivity contribution in [3.05, 3.63) is 73.1 Å². The SMILES string of the molecule is COc1ccc(C2CC2COc2nc3cnccc3cc2-c2cccnc2)nc1. The number of aromatic nitrogens is 4. The van der Waals surface area contributed by atoms with E-state index < -0.39 is 0 Å². The lowest BCUT2D eigenvalue weighted by molar-refractivity contribution is 0.288. The van der Waals surface area contributed by atoms with E-state index in [1.807, 2.05) is 36.5 Å². The first-order chi connectivity index (χ1) is 14.3. The van der Waals surface area contributed by atoms with Gasteiger partial charge in [0.05, 0.1) is 31.6 Å². The van der Waals surface area contributed by atoms with Crippen LogP contribution in [0.2, 0.25) is 0 Å². The zero-order valence-electron chi connectivity index (χ0n) is 16.0. The molecule has 6 nitrogen and oxygen atoms in total. The summed E-state index contributed by atoms with van der Waals surface area (Å²) >= 11 is 0. The van der Waals surface area contributed by atoms with E-state index in [2.05, 4.69) is 21.0 Å². The maximum atomic E-state index is 6.20. The summed E-state index contributed by atoms with van der Waals surface area (Å²) in [7, 11) is 1.65. The zero-order chi connectivity index (χ0) is 19.6. The third-order valence-electron chi connectivity index (χ3n) is 5.29. The van der Waals surface area contributed by atoms with E-state index in [1.54, 1.807) is 31.9 Å². The molecule has 0 N–H and O–H groups in total. The number of nitrogens with zero attached hydrogens (tertiary/aromatic N) is 4. The van der Waals surface area contributed by atoms with Crippen LogP contribution in [-0.4, -0.2) is 33.7 Å². The van der Waals surface area contributed by atoms with Crippen molar-refractivity contribution in [2.75, 3.05) is 13.7 Å². The number of ether oxygens (including phenoxy) is 2. The van der Waals surface area contributed by atoms with Gasteiger partial charge in [0.2, 0.25) is 5.88 Å². The maximum Gasteiger partial charge on any atom is 0.222 e. The minimum Gasteiger partial charge on any atom is -0.495 e. The third kappa shape index (κ3) is 3.61. The molecule has 0 radical (unpaired) electrons. The number of rotatable bonds is 6. The van der Waals surface area contributed by atoms with Gasteiger partial charge in [0.25, 0.3) is 0 Å². The molecule has 4 heterocycles. The highest BCUT2D eigenvalue weighted by atomic mass is 16.5. The molecular formula is C23H20N4O2. The van der Waals surface area contributed by atoms with E-state index in [0.717, 1.165) is 39.9 Å². The largest absolute Gasteiger partial charge is 0.495 e. The smallest absolute Gasteiger partial charge is 0.222 e. The van der Waals surface area contributed by atoms with Gasteiger partial charge in [-0.3, -0.25) is 15.0 Å². The Morgan fingerprint density at radius 1 is 1.03 bits per heavy atom. The number of hydrogen-bond donors (Lipinski definition) is 0. The fourth-order valence-corrected chi connectivity index (χ4v) is 3.55. The molecule has 6 heteroatoms. The van der Waals surface area contributed by atoms with Crippen LogP contribution in [0, 0.1) is 5.92 Å². The highest BCUT2D eigenvalue weighted by Crippen LogP contribution is 2.47. The van der Waals surface area contributed by atoms with Gasteiger partial charge in [-0.1, -0.05) is 6.07 Å². The highest BCUT2D eigenvalue weighted by molar-refractivity contribution is 5.85. The molecule has 2 atom stereocenters. The second-order valence-electron chi connectivity index (χ2n) is 7.19. The van der Waals surface area contributed by atoms with Crippen molar-refractivity contribution >= 4 is 10.9 Å². The first-order valence-electron chi connectivity index (χ1n) is 9.60. The molecule has 1 aliphatic rings. The summed E-state index contributed by atoms with van der Waals surface area (Å²) in [5, 5.41) is 1.03. The number of hydrogen-bond acceptors (Lipinski definition) is 6. The lowest BCUT2D eigenvalue weighted by Gasteiger charge is -2.12. The lowest BCUT2D eigenvalue weighted by atomic mass is 10.1. The van der Waals surface area contributed by atoms with Gasteiger partial charge in [0, 0.05) is 52.6 Å². The topological polar surface area (TPSA) is 70.0 Å². The summed E-state index contributed by atoms with van der Waals surface area (Å²) in [5.41, 5.74) is 3.83. The van der Waals surface area contributed by atoms with E-state index >= 15 is 0 Å². The monoisotopic (exact) mass is 384 g/mol. The molecule has 0 bridgehead atoms. The summed E-state index contributed by atoms with van der Waals surface area (Å²) in [6.45, 7) is 0.602. The van der Waals surface area contributed by atoms with Crippen molar-refractivity contribution in [2.45, 2.75) is 12.3 Å². The van der Waals surface area contributed by atoms with Gasteiger partial charge < -0.3 is 9.47 Å². The highest BCUT2D eigenvalue weighted by Gasteiger charge is 2.40. The van der Waals surface area contributed by atoms with E-state index in [-0.39, 0.29) is 0 Å². The van der Waals surface area contributed by atoms with Gasteiger partial charge in [-0.15, -0.1) is 0 Å². The molecule has 1 fully saturated rings. The number of fused-ring (bicyclic) bond motifs is 1. The van der Waals surface area contributed by atoms with Crippen LogP contribution in [-0.2, 0) is 0 Å². The van der Waals surface area contributed by atoms with Gasteiger partial charge in [0.15, 0.2) is 0 Å². The molecule has 0 saturated heterocycles. The van der Waals surface area contributed by atoms with Crippen LogP contribution in [0.5, 0.6) is 11.6 Å². The summed E-state index contributed by atoms with van der Waals surface area (Å²) in [5.74, 6) is 2.25.